The Hall–Kier alpha value is -0.330. The first-order chi connectivity index (χ1) is 6.04. The van der Waals surface area contributed by atoms with E-state index in [1.807, 2.05) is 0 Å². The highest BCUT2D eigenvalue weighted by Crippen LogP contribution is 2.34. The molecule has 0 aromatic carbocycles. The van der Waals surface area contributed by atoms with Gasteiger partial charge in [0, 0.05) is 11.8 Å². The molecule has 2 atom stereocenters. The zero-order valence-corrected chi connectivity index (χ0v) is 9.34. The van der Waals surface area contributed by atoms with E-state index in [-0.39, 0.29) is 0 Å². The van der Waals surface area contributed by atoms with Crippen LogP contribution in [0.1, 0.15) is 47.0 Å². The van der Waals surface area contributed by atoms with Crippen molar-refractivity contribution < 1.29 is 4.79 Å². The molecule has 0 radical (unpaired) electrons. The predicted octanol–water partition coefficient (Wildman–Crippen LogP) is 3.28. The third kappa shape index (κ3) is 2.32. The maximum atomic E-state index is 12.0. The summed E-state index contributed by atoms with van der Waals surface area (Å²) in [6.07, 6.45) is 3.50. The number of carbonyl (C=O) groups is 1. The molecule has 0 spiro atoms. The summed E-state index contributed by atoms with van der Waals surface area (Å²) in [5, 5.41) is 0. The topological polar surface area (TPSA) is 17.1 Å². The molecule has 1 aliphatic rings. The Morgan fingerprint density at radius 1 is 1.00 bits per heavy atom. The number of hydrogen-bond acceptors (Lipinski definition) is 1. The molecule has 0 aromatic heterocycles. The number of rotatable bonds is 2. The van der Waals surface area contributed by atoms with Gasteiger partial charge in [-0.15, -0.1) is 0 Å². The molecule has 13 heavy (non-hydrogen) atoms. The molecule has 0 aliphatic heterocycles. The van der Waals surface area contributed by atoms with Crippen molar-refractivity contribution in [2.24, 2.45) is 23.7 Å². The van der Waals surface area contributed by atoms with Crippen LogP contribution in [0, 0.1) is 23.7 Å². The fourth-order valence-corrected chi connectivity index (χ4v) is 2.44. The van der Waals surface area contributed by atoms with E-state index in [0.29, 0.717) is 29.5 Å². The van der Waals surface area contributed by atoms with Gasteiger partial charge in [0.05, 0.1) is 0 Å². The van der Waals surface area contributed by atoms with Crippen molar-refractivity contribution in [3.63, 3.8) is 0 Å². The van der Waals surface area contributed by atoms with Crippen molar-refractivity contribution in [3.8, 4) is 0 Å². The lowest BCUT2D eigenvalue weighted by molar-refractivity contribution is -0.132. The van der Waals surface area contributed by atoms with Crippen molar-refractivity contribution in [2.75, 3.05) is 0 Å². The fourth-order valence-electron chi connectivity index (χ4n) is 2.44. The van der Waals surface area contributed by atoms with Gasteiger partial charge in [0.2, 0.25) is 0 Å². The highest BCUT2D eigenvalue weighted by atomic mass is 16.1. The second kappa shape index (κ2) is 4.26. The summed E-state index contributed by atoms with van der Waals surface area (Å²) in [4.78, 5) is 12.0. The van der Waals surface area contributed by atoms with Gasteiger partial charge >= 0.3 is 0 Å². The number of Topliss-reactive ketones (excluding diaryl/α,β-unsaturated/α-hetero) is 1. The van der Waals surface area contributed by atoms with E-state index in [9.17, 15) is 4.79 Å². The van der Waals surface area contributed by atoms with Crippen molar-refractivity contribution in [3.05, 3.63) is 0 Å². The standard InChI is InChI=1S/C12H22O/c1-8(2)10-6-5-7-11(9(3)4)12(10)13/h8-11H,5-7H2,1-4H3. The van der Waals surface area contributed by atoms with Crippen LogP contribution < -0.4 is 0 Å². The third-order valence-corrected chi connectivity index (χ3v) is 3.37. The van der Waals surface area contributed by atoms with Gasteiger partial charge in [0.15, 0.2) is 0 Å². The van der Waals surface area contributed by atoms with Crippen molar-refractivity contribution in [1.29, 1.82) is 0 Å². The zero-order valence-electron chi connectivity index (χ0n) is 9.34. The molecule has 0 bridgehead atoms. The summed E-state index contributed by atoms with van der Waals surface area (Å²) in [5.74, 6) is 2.31. The summed E-state index contributed by atoms with van der Waals surface area (Å²) in [5.41, 5.74) is 0. The maximum Gasteiger partial charge on any atom is 0.139 e. The van der Waals surface area contributed by atoms with Gasteiger partial charge in [-0.1, -0.05) is 34.1 Å². The SMILES string of the molecule is CC(C)C1CCCC(C(C)C)C1=O. The smallest absolute Gasteiger partial charge is 0.139 e. The summed E-state index contributed by atoms with van der Waals surface area (Å²) in [6.45, 7) is 8.69. The lowest BCUT2D eigenvalue weighted by atomic mass is 9.71. The Balaban J connectivity index is 2.66. The van der Waals surface area contributed by atoms with E-state index in [1.165, 1.54) is 6.42 Å². The van der Waals surface area contributed by atoms with Gasteiger partial charge in [-0.2, -0.15) is 0 Å². The minimum absolute atomic E-state index is 0.348. The molecule has 1 rings (SSSR count). The van der Waals surface area contributed by atoms with Gasteiger partial charge in [-0.05, 0) is 24.7 Å². The highest BCUT2D eigenvalue weighted by Gasteiger charge is 2.34. The molecule has 2 unspecified atom stereocenters. The molecule has 1 heteroatoms. The number of ketones is 1. The first-order valence-corrected chi connectivity index (χ1v) is 5.57. The van der Waals surface area contributed by atoms with Crippen LogP contribution in [0.3, 0.4) is 0 Å². The van der Waals surface area contributed by atoms with Gasteiger partial charge in [-0.25, -0.2) is 0 Å². The molecule has 1 aliphatic carbocycles. The average molecular weight is 182 g/mol. The molecule has 1 nitrogen and oxygen atoms in total. The Morgan fingerprint density at radius 2 is 1.38 bits per heavy atom. The quantitative estimate of drug-likeness (QED) is 0.640. The lowest BCUT2D eigenvalue weighted by Gasteiger charge is -2.32. The van der Waals surface area contributed by atoms with Crippen molar-refractivity contribution in [2.45, 2.75) is 47.0 Å². The van der Waals surface area contributed by atoms with Crippen LogP contribution in [0.4, 0.5) is 0 Å². The first kappa shape index (κ1) is 10.7. The van der Waals surface area contributed by atoms with E-state index in [0.717, 1.165) is 12.8 Å². The van der Waals surface area contributed by atoms with Crippen LogP contribution in [0.5, 0.6) is 0 Å². The maximum absolute atomic E-state index is 12.0. The Bertz CT molecular complexity index is 164. The van der Waals surface area contributed by atoms with Gasteiger partial charge in [0.25, 0.3) is 0 Å². The molecule has 1 saturated carbocycles. The van der Waals surface area contributed by atoms with E-state index >= 15 is 0 Å². The van der Waals surface area contributed by atoms with E-state index in [4.69, 9.17) is 0 Å². The molecular weight excluding hydrogens is 160 g/mol. The normalized spacial score (nSPS) is 30.2. The van der Waals surface area contributed by atoms with Gasteiger partial charge in [-0.3, -0.25) is 4.79 Å². The second-order valence-corrected chi connectivity index (χ2v) is 5.03. The lowest BCUT2D eigenvalue weighted by Crippen LogP contribution is -2.34. The Kier molecular flexibility index (Phi) is 3.52. The molecule has 0 saturated heterocycles. The summed E-state index contributed by atoms with van der Waals surface area (Å²) in [6, 6.07) is 0. The number of hydrogen-bond donors (Lipinski definition) is 0. The summed E-state index contributed by atoms with van der Waals surface area (Å²) < 4.78 is 0. The average Bonchev–Trinajstić information content (AvgIpc) is 2.03. The number of carbonyl (C=O) groups excluding carboxylic acids is 1. The molecule has 0 aromatic rings. The molecule has 76 valence electrons. The monoisotopic (exact) mass is 182 g/mol. The van der Waals surface area contributed by atoms with Crippen LogP contribution in [0.25, 0.3) is 0 Å². The van der Waals surface area contributed by atoms with E-state index in [1.54, 1.807) is 0 Å². The largest absolute Gasteiger partial charge is 0.299 e. The molecule has 0 amide bonds. The Labute approximate surface area is 81.9 Å². The molecule has 0 N–H and O–H groups in total. The molecule has 0 heterocycles. The van der Waals surface area contributed by atoms with Crippen LogP contribution in [0.2, 0.25) is 0 Å². The Morgan fingerprint density at radius 3 is 1.69 bits per heavy atom. The predicted molar refractivity (Wildman–Crippen MR) is 55.5 cm³/mol. The van der Waals surface area contributed by atoms with E-state index in [2.05, 4.69) is 27.7 Å². The van der Waals surface area contributed by atoms with E-state index < -0.39 is 0 Å². The van der Waals surface area contributed by atoms with Gasteiger partial charge in [0.1, 0.15) is 5.78 Å². The van der Waals surface area contributed by atoms with Gasteiger partial charge < -0.3 is 0 Å². The highest BCUT2D eigenvalue weighted by molar-refractivity contribution is 5.84. The first-order valence-electron chi connectivity index (χ1n) is 5.57. The van der Waals surface area contributed by atoms with Crippen LogP contribution in [-0.2, 0) is 4.79 Å². The van der Waals surface area contributed by atoms with Crippen molar-refractivity contribution in [1.82, 2.24) is 0 Å². The third-order valence-electron chi connectivity index (χ3n) is 3.37. The van der Waals surface area contributed by atoms with Crippen LogP contribution >= 0.6 is 0 Å². The summed E-state index contributed by atoms with van der Waals surface area (Å²) >= 11 is 0. The second-order valence-electron chi connectivity index (χ2n) is 5.03. The fraction of sp³-hybridized carbons (Fsp3) is 0.917. The summed E-state index contributed by atoms with van der Waals surface area (Å²) in [7, 11) is 0. The van der Waals surface area contributed by atoms with Crippen LogP contribution in [0.15, 0.2) is 0 Å². The van der Waals surface area contributed by atoms with Crippen LogP contribution in [-0.4, -0.2) is 5.78 Å². The van der Waals surface area contributed by atoms with Crippen molar-refractivity contribution >= 4 is 5.78 Å². The molecular formula is C12H22O. The minimum Gasteiger partial charge on any atom is -0.299 e. The zero-order chi connectivity index (χ0) is 10.0. The minimum atomic E-state index is 0.348. The molecule has 1 fully saturated rings.